The molecule has 4 aliphatic carbocycles. The molecule has 7 atom stereocenters. The fourth-order valence-electron chi connectivity index (χ4n) is 8.92. The number of aliphatic hydroxyl groups is 1. The van der Waals surface area contributed by atoms with Gasteiger partial charge in [-0.1, -0.05) is 19.8 Å². The molecule has 28 heavy (non-hydrogen) atoms. The van der Waals surface area contributed by atoms with E-state index in [9.17, 15) is 14.7 Å². The lowest BCUT2D eigenvalue weighted by Gasteiger charge is -2.62. The Labute approximate surface area is 165 Å². The maximum Gasteiger partial charge on any atom is 0.331 e. The minimum Gasteiger partial charge on any atom is -0.458 e. The van der Waals surface area contributed by atoms with Crippen molar-refractivity contribution in [2.24, 2.45) is 28.6 Å². The standard InChI is InChI=1S/C23H30O5/c1-20-9-7-17-21-8-3-2-4-15(21)5-10-22(17,28-19(21)25)23(20,26)11-6-16(20)14-12-18(24)27-13-14/h12,15-17,26H,2-11,13H2,1H3/t15-,16+,17?,20+,21+,22?,23+/m0/s1. The Morgan fingerprint density at radius 1 is 1.04 bits per heavy atom. The van der Waals surface area contributed by atoms with Crippen molar-refractivity contribution >= 4 is 11.9 Å². The van der Waals surface area contributed by atoms with Gasteiger partial charge in [0.05, 0.1) is 5.41 Å². The predicted octanol–water partition coefficient (Wildman–Crippen LogP) is 3.29. The molecule has 2 heterocycles. The smallest absolute Gasteiger partial charge is 0.331 e. The van der Waals surface area contributed by atoms with Crippen LogP contribution in [0.3, 0.4) is 0 Å². The lowest BCUT2D eigenvalue weighted by atomic mass is 9.42. The van der Waals surface area contributed by atoms with Crippen LogP contribution < -0.4 is 0 Å². The van der Waals surface area contributed by atoms with E-state index >= 15 is 0 Å². The molecule has 0 aromatic heterocycles. The second kappa shape index (κ2) is 5.21. The number of esters is 2. The first kappa shape index (κ1) is 17.5. The molecule has 1 N–H and O–H groups in total. The van der Waals surface area contributed by atoms with Crippen LogP contribution in [0.1, 0.15) is 71.1 Å². The zero-order valence-corrected chi connectivity index (χ0v) is 16.7. The van der Waals surface area contributed by atoms with E-state index in [1.54, 1.807) is 6.08 Å². The highest BCUT2D eigenvalue weighted by Gasteiger charge is 2.81. The third-order valence-electron chi connectivity index (χ3n) is 10.1. The molecule has 0 aromatic carbocycles. The third-order valence-corrected chi connectivity index (χ3v) is 10.1. The van der Waals surface area contributed by atoms with E-state index in [0.717, 1.165) is 56.9 Å². The van der Waals surface area contributed by atoms with Crippen LogP contribution in [0, 0.1) is 28.6 Å². The van der Waals surface area contributed by atoms with Gasteiger partial charge in [-0.15, -0.1) is 0 Å². The zero-order valence-electron chi connectivity index (χ0n) is 16.7. The molecule has 4 saturated carbocycles. The van der Waals surface area contributed by atoms with E-state index in [1.165, 1.54) is 6.42 Å². The quantitative estimate of drug-likeness (QED) is 0.700. The molecule has 2 bridgehead atoms. The number of ether oxygens (including phenoxy) is 2. The monoisotopic (exact) mass is 386 g/mol. The van der Waals surface area contributed by atoms with E-state index in [4.69, 9.17) is 9.47 Å². The number of hydrogen-bond donors (Lipinski definition) is 1. The Morgan fingerprint density at radius 3 is 2.68 bits per heavy atom. The largest absolute Gasteiger partial charge is 0.458 e. The molecule has 5 nitrogen and oxygen atoms in total. The van der Waals surface area contributed by atoms with Gasteiger partial charge in [0.2, 0.25) is 0 Å². The van der Waals surface area contributed by atoms with E-state index < -0.39 is 11.2 Å². The summed E-state index contributed by atoms with van der Waals surface area (Å²) in [6.45, 7) is 2.52. The fourth-order valence-corrected chi connectivity index (χ4v) is 8.92. The van der Waals surface area contributed by atoms with E-state index in [1.807, 2.05) is 0 Å². The van der Waals surface area contributed by atoms with Gasteiger partial charge in [-0.05, 0) is 68.8 Å². The second-order valence-corrected chi connectivity index (χ2v) is 10.6. The molecule has 6 aliphatic rings. The number of rotatable bonds is 1. The average Bonchev–Trinajstić information content (AvgIpc) is 3.26. The van der Waals surface area contributed by atoms with E-state index in [0.29, 0.717) is 18.9 Å². The first-order valence-corrected chi connectivity index (χ1v) is 11.2. The molecule has 152 valence electrons. The van der Waals surface area contributed by atoms with Gasteiger partial charge in [0.1, 0.15) is 17.8 Å². The van der Waals surface area contributed by atoms with Gasteiger partial charge in [-0.25, -0.2) is 4.79 Å². The Morgan fingerprint density at radius 2 is 1.89 bits per heavy atom. The van der Waals surface area contributed by atoms with Crippen molar-refractivity contribution in [3.8, 4) is 0 Å². The van der Waals surface area contributed by atoms with Gasteiger partial charge in [0, 0.05) is 17.4 Å². The van der Waals surface area contributed by atoms with Crippen molar-refractivity contribution in [3.63, 3.8) is 0 Å². The van der Waals surface area contributed by atoms with Crippen LogP contribution in [-0.4, -0.2) is 34.9 Å². The van der Waals surface area contributed by atoms with Gasteiger partial charge in [0.15, 0.2) is 0 Å². The minimum absolute atomic E-state index is 0.0144. The fraction of sp³-hybridized carbons (Fsp3) is 0.826. The summed E-state index contributed by atoms with van der Waals surface area (Å²) >= 11 is 0. The summed E-state index contributed by atoms with van der Waals surface area (Å²) in [6.07, 6.45) is 11.1. The molecule has 6 rings (SSSR count). The Hall–Kier alpha value is -1.36. The first-order chi connectivity index (χ1) is 13.4. The molecule has 2 unspecified atom stereocenters. The minimum atomic E-state index is -1.01. The Kier molecular flexibility index (Phi) is 3.26. The van der Waals surface area contributed by atoms with Crippen molar-refractivity contribution in [1.82, 2.24) is 0 Å². The number of carbonyl (C=O) groups excluding carboxylic acids is 2. The second-order valence-electron chi connectivity index (χ2n) is 10.6. The molecule has 0 amide bonds. The zero-order chi connectivity index (χ0) is 19.4. The summed E-state index contributed by atoms with van der Waals surface area (Å²) in [7, 11) is 0. The summed E-state index contributed by atoms with van der Waals surface area (Å²) < 4.78 is 11.5. The van der Waals surface area contributed by atoms with Crippen molar-refractivity contribution in [3.05, 3.63) is 11.6 Å². The lowest BCUT2D eigenvalue weighted by molar-refractivity contribution is -0.257. The molecule has 2 aliphatic heterocycles. The van der Waals surface area contributed by atoms with Crippen LogP contribution in [-0.2, 0) is 19.1 Å². The van der Waals surface area contributed by atoms with Crippen molar-refractivity contribution in [2.45, 2.75) is 82.3 Å². The number of hydrogen-bond acceptors (Lipinski definition) is 5. The number of carbonyl (C=O) groups is 2. The van der Waals surface area contributed by atoms with Gasteiger partial charge in [0.25, 0.3) is 0 Å². The Balaban J connectivity index is 1.45. The Bertz CT molecular complexity index is 803. The van der Waals surface area contributed by atoms with Crippen LogP contribution in [0.4, 0.5) is 0 Å². The topological polar surface area (TPSA) is 72.8 Å². The van der Waals surface area contributed by atoms with Gasteiger partial charge in [-0.3, -0.25) is 4.79 Å². The lowest BCUT2D eigenvalue weighted by Crippen LogP contribution is -2.70. The predicted molar refractivity (Wildman–Crippen MR) is 100.0 cm³/mol. The van der Waals surface area contributed by atoms with Crippen molar-refractivity contribution in [2.75, 3.05) is 6.61 Å². The normalized spacial score (nSPS) is 54.4. The maximum absolute atomic E-state index is 13.4. The molecule has 0 aromatic rings. The number of cyclic esters (lactones) is 1. The van der Waals surface area contributed by atoms with Crippen LogP contribution in [0.2, 0.25) is 0 Å². The van der Waals surface area contributed by atoms with Crippen molar-refractivity contribution < 1.29 is 24.2 Å². The summed E-state index contributed by atoms with van der Waals surface area (Å²) in [5, 5.41) is 12.3. The van der Waals surface area contributed by atoms with Gasteiger partial charge < -0.3 is 14.6 Å². The summed E-state index contributed by atoms with van der Waals surface area (Å²) in [6, 6.07) is 0. The summed E-state index contributed by atoms with van der Waals surface area (Å²) in [5.74, 6) is 0.426. The molecule has 1 saturated heterocycles. The maximum atomic E-state index is 13.4. The molecule has 0 radical (unpaired) electrons. The van der Waals surface area contributed by atoms with Gasteiger partial charge >= 0.3 is 11.9 Å². The molecule has 5 fully saturated rings. The van der Waals surface area contributed by atoms with Crippen LogP contribution in [0.5, 0.6) is 0 Å². The van der Waals surface area contributed by atoms with Crippen LogP contribution in [0.25, 0.3) is 0 Å². The molecular weight excluding hydrogens is 356 g/mol. The molecule has 1 spiro atoms. The SMILES string of the molecule is C[C@]12CCC3C4(CC[C@@H]5CCCC[C@]35C(=O)O4)[C@@]1(O)CC[C@@H]2C1=CC(=O)OC1. The highest BCUT2D eigenvalue weighted by atomic mass is 16.6. The average molecular weight is 386 g/mol. The highest BCUT2D eigenvalue weighted by molar-refractivity contribution is 5.85. The van der Waals surface area contributed by atoms with Crippen LogP contribution in [0.15, 0.2) is 11.6 Å². The third kappa shape index (κ3) is 1.68. The van der Waals surface area contributed by atoms with Gasteiger partial charge in [-0.2, -0.15) is 0 Å². The summed E-state index contributed by atoms with van der Waals surface area (Å²) in [5.41, 5.74) is -1.46. The number of fused-ring (bicyclic) bond motifs is 1. The van der Waals surface area contributed by atoms with E-state index in [-0.39, 0.29) is 34.6 Å². The first-order valence-electron chi connectivity index (χ1n) is 11.2. The molecule has 5 heteroatoms. The van der Waals surface area contributed by atoms with Crippen LogP contribution >= 0.6 is 0 Å². The summed E-state index contributed by atoms with van der Waals surface area (Å²) in [4.78, 5) is 25.1. The van der Waals surface area contributed by atoms with Crippen molar-refractivity contribution in [1.29, 1.82) is 0 Å². The highest BCUT2D eigenvalue weighted by Crippen LogP contribution is 2.75. The molecular formula is C23H30O5. The van der Waals surface area contributed by atoms with E-state index in [2.05, 4.69) is 6.92 Å².